The molecular formula is C10H12BrClOS. The molecule has 1 fully saturated rings. The van der Waals surface area contributed by atoms with Gasteiger partial charge in [-0.1, -0.05) is 27.5 Å². The summed E-state index contributed by atoms with van der Waals surface area (Å²) >= 11 is 11.1. The van der Waals surface area contributed by atoms with E-state index in [1.54, 1.807) is 11.3 Å². The molecule has 1 atom stereocenters. The van der Waals surface area contributed by atoms with Crippen molar-refractivity contribution in [2.24, 2.45) is 0 Å². The average Bonchev–Trinajstić information content (AvgIpc) is 2.77. The topological polar surface area (TPSA) is 9.23 Å². The second-order valence-corrected chi connectivity index (χ2v) is 6.01. The van der Waals surface area contributed by atoms with Crippen LogP contribution in [-0.4, -0.2) is 17.5 Å². The molecule has 0 aliphatic carbocycles. The highest BCUT2D eigenvalue weighted by Crippen LogP contribution is 2.34. The Morgan fingerprint density at radius 3 is 2.93 bits per heavy atom. The standard InChI is InChI=1S/C10H12BrClOS/c11-7-10(4-1-5-13-10)6-8-2-3-9(12)14-8/h2-3H,1,4-7H2. The van der Waals surface area contributed by atoms with Crippen LogP contribution in [0, 0.1) is 0 Å². The molecule has 1 aromatic rings. The highest BCUT2D eigenvalue weighted by Gasteiger charge is 2.34. The van der Waals surface area contributed by atoms with Gasteiger partial charge in [-0.3, -0.25) is 0 Å². The molecule has 1 nitrogen and oxygen atoms in total. The minimum Gasteiger partial charge on any atom is -0.374 e. The van der Waals surface area contributed by atoms with Crippen LogP contribution in [0.3, 0.4) is 0 Å². The van der Waals surface area contributed by atoms with E-state index < -0.39 is 0 Å². The van der Waals surface area contributed by atoms with E-state index in [0.717, 1.165) is 29.1 Å². The van der Waals surface area contributed by atoms with E-state index in [4.69, 9.17) is 16.3 Å². The van der Waals surface area contributed by atoms with Gasteiger partial charge in [0, 0.05) is 23.2 Å². The maximum Gasteiger partial charge on any atom is 0.0931 e. The minimum atomic E-state index is 0.0220. The zero-order valence-electron chi connectivity index (χ0n) is 7.76. The van der Waals surface area contributed by atoms with Gasteiger partial charge in [0.05, 0.1) is 9.94 Å². The summed E-state index contributed by atoms with van der Waals surface area (Å²) < 4.78 is 6.68. The number of ether oxygens (including phenoxy) is 1. The Morgan fingerprint density at radius 2 is 2.43 bits per heavy atom. The van der Waals surface area contributed by atoms with Crippen LogP contribution in [0.4, 0.5) is 0 Å². The van der Waals surface area contributed by atoms with Gasteiger partial charge >= 0.3 is 0 Å². The number of rotatable bonds is 3. The first-order chi connectivity index (χ1) is 6.74. The lowest BCUT2D eigenvalue weighted by molar-refractivity contribution is 0.0266. The Labute approximate surface area is 102 Å². The third-order valence-electron chi connectivity index (χ3n) is 2.55. The van der Waals surface area contributed by atoms with Gasteiger partial charge in [0.2, 0.25) is 0 Å². The van der Waals surface area contributed by atoms with Crippen LogP contribution < -0.4 is 0 Å². The fourth-order valence-electron chi connectivity index (χ4n) is 1.81. The quantitative estimate of drug-likeness (QED) is 0.769. The summed E-state index contributed by atoms with van der Waals surface area (Å²) in [7, 11) is 0. The molecule has 4 heteroatoms. The van der Waals surface area contributed by atoms with Gasteiger partial charge in [0.1, 0.15) is 0 Å². The monoisotopic (exact) mass is 294 g/mol. The summed E-state index contributed by atoms with van der Waals surface area (Å²) in [5, 5.41) is 0.912. The Hall–Kier alpha value is 0.430. The van der Waals surface area contributed by atoms with E-state index in [2.05, 4.69) is 22.0 Å². The normalized spacial score (nSPS) is 27.0. The van der Waals surface area contributed by atoms with Crippen LogP contribution in [0.25, 0.3) is 0 Å². The molecular weight excluding hydrogens is 284 g/mol. The van der Waals surface area contributed by atoms with E-state index in [9.17, 15) is 0 Å². The molecule has 14 heavy (non-hydrogen) atoms. The van der Waals surface area contributed by atoms with E-state index >= 15 is 0 Å². The second-order valence-electron chi connectivity index (χ2n) is 3.65. The van der Waals surface area contributed by atoms with Gasteiger partial charge < -0.3 is 4.74 Å². The van der Waals surface area contributed by atoms with Crippen molar-refractivity contribution in [3.8, 4) is 0 Å². The zero-order chi connectivity index (χ0) is 10.0. The molecule has 1 unspecified atom stereocenters. The molecule has 0 saturated carbocycles. The Morgan fingerprint density at radius 1 is 1.57 bits per heavy atom. The van der Waals surface area contributed by atoms with Crippen molar-refractivity contribution in [1.82, 2.24) is 0 Å². The molecule has 1 aromatic heterocycles. The summed E-state index contributed by atoms with van der Waals surface area (Å²) in [6.07, 6.45) is 3.30. The van der Waals surface area contributed by atoms with Crippen LogP contribution in [0.5, 0.6) is 0 Å². The second kappa shape index (κ2) is 4.52. The molecule has 2 heterocycles. The summed E-state index contributed by atoms with van der Waals surface area (Å²) in [6.45, 7) is 0.894. The lowest BCUT2D eigenvalue weighted by Crippen LogP contribution is -2.32. The summed E-state index contributed by atoms with van der Waals surface area (Å²) in [5.74, 6) is 0. The molecule has 0 N–H and O–H groups in total. The Kier molecular flexibility index (Phi) is 3.53. The average molecular weight is 296 g/mol. The fourth-order valence-corrected chi connectivity index (χ4v) is 3.67. The number of hydrogen-bond acceptors (Lipinski definition) is 2. The first kappa shape index (κ1) is 10.9. The Balaban J connectivity index is 2.08. The largest absolute Gasteiger partial charge is 0.374 e. The molecule has 0 radical (unpaired) electrons. The van der Waals surface area contributed by atoms with Crippen molar-refractivity contribution >= 4 is 38.9 Å². The van der Waals surface area contributed by atoms with E-state index in [-0.39, 0.29) is 5.60 Å². The van der Waals surface area contributed by atoms with Crippen molar-refractivity contribution in [2.45, 2.75) is 24.9 Å². The van der Waals surface area contributed by atoms with Gasteiger partial charge in [-0.15, -0.1) is 11.3 Å². The van der Waals surface area contributed by atoms with Crippen LogP contribution in [0.15, 0.2) is 12.1 Å². The van der Waals surface area contributed by atoms with Crippen molar-refractivity contribution in [3.63, 3.8) is 0 Å². The molecule has 1 aliphatic rings. The van der Waals surface area contributed by atoms with E-state index in [1.807, 2.05) is 6.07 Å². The minimum absolute atomic E-state index is 0.0220. The first-order valence-electron chi connectivity index (χ1n) is 4.68. The van der Waals surface area contributed by atoms with Crippen molar-refractivity contribution in [2.75, 3.05) is 11.9 Å². The Bertz CT molecular complexity index is 307. The molecule has 0 bridgehead atoms. The lowest BCUT2D eigenvalue weighted by atomic mass is 9.98. The van der Waals surface area contributed by atoms with Gasteiger partial charge in [-0.05, 0) is 25.0 Å². The third kappa shape index (κ3) is 2.32. The van der Waals surface area contributed by atoms with Gasteiger partial charge in [-0.2, -0.15) is 0 Å². The molecule has 2 rings (SSSR count). The van der Waals surface area contributed by atoms with Crippen LogP contribution in [0.1, 0.15) is 17.7 Å². The predicted molar refractivity (Wildman–Crippen MR) is 64.7 cm³/mol. The van der Waals surface area contributed by atoms with Gasteiger partial charge in [-0.25, -0.2) is 0 Å². The molecule has 1 saturated heterocycles. The maximum absolute atomic E-state index is 5.90. The lowest BCUT2D eigenvalue weighted by Gasteiger charge is -2.25. The van der Waals surface area contributed by atoms with Crippen LogP contribution in [-0.2, 0) is 11.2 Å². The number of alkyl halides is 1. The van der Waals surface area contributed by atoms with Crippen molar-refractivity contribution in [1.29, 1.82) is 0 Å². The predicted octanol–water partition coefficient (Wildman–Crippen LogP) is 3.89. The fraction of sp³-hybridized carbons (Fsp3) is 0.600. The highest BCUT2D eigenvalue weighted by molar-refractivity contribution is 9.09. The molecule has 78 valence electrons. The molecule has 0 amide bonds. The maximum atomic E-state index is 5.90. The van der Waals surface area contributed by atoms with E-state index in [1.165, 1.54) is 11.3 Å². The van der Waals surface area contributed by atoms with E-state index in [0.29, 0.717) is 0 Å². The SMILES string of the molecule is Clc1ccc(CC2(CBr)CCCO2)s1. The number of thiophene rings is 1. The van der Waals surface area contributed by atoms with Gasteiger partial charge in [0.15, 0.2) is 0 Å². The molecule has 1 aliphatic heterocycles. The number of halogens is 2. The number of hydrogen-bond donors (Lipinski definition) is 0. The summed E-state index contributed by atoms with van der Waals surface area (Å²) in [5.41, 5.74) is 0.0220. The smallest absolute Gasteiger partial charge is 0.0931 e. The van der Waals surface area contributed by atoms with Crippen molar-refractivity contribution in [3.05, 3.63) is 21.3 Å². The summed E-state index contributed by atoms with van der Waals surface area (Å²) in [4.78, 5) is 1.32. The van der Waals surface area contributed by atoms with Crippen LogP contribution >= 0.6 is 38.9 Å². The molecule has 0 aromatic carbocycles. The highest BCUT2D eigenvalue weighted by atomic mass is 79.9. The van der Waals surface area contributed by atoms with Gasteiger partial charge in [0.25, 0.3) is 0 Å². The third-order valence-corrected chi connectivity index (χ3v) is 4.81. The first-order valence-corrected chi connectivity index (χ1v) is 7.00. The summed E-state index contributed by atoms with van der Waals surface area (Å²) in [6, 6.07) is 4.05. The van der Waals surface area contributed by atoms with Crippen molar-refractivity contribution < 1.29 is 4.74 Å². The zero-order valence-corrected chi connectivity index (χ0v) is 10.9. The van der Waals surface area contributed by atoms with Crippen LogP contribution in [0.2, 0.25) is 4.34 Å². The molecule has 0 spiro atoms.